The summed E-state index contributed by atoms with van der Waals surface area (Å²) in [6.07, 6.45) is 4.05. The Morgan fingerprint density at radius 1 is 1.03 bits per heavy atom. The lowest BCUT2D eigenvalue weighted by Gasteiger charge is -2.34. The zero-order chi connectivity index (χ0) is 19.8. The molecule has 0 saturated carbocycles. The first kappa shape index (κ1) is 17.8. The number of Topliss-reactive ketones (excluding diaryl/α,β-unsaturated/α-hetero) is 1. The predicted octanol–water partition coefficient (Wildman–Crippen LogP) is 5.77. The summed E-state index contributed by atoms with van der Waals surface area (Å²) < 4.78 is 5.87. The number of rotatable bonds is 3. The summed E-state index contributed by atoms with van der Waals surface area (Å²) in [6.45, 7) is 2.78. The van der Waals surface area contributed by atoms with Gasteiger partial charge in [-0.3, -0.25) is 4.79 Å². The average Bonchev–Trinajstić information content (AvgIpc) is 3.21. The van der Waals surface area contributed by atoms with Crippen molar-refractivity contribution in [2.75, 3.05) is 10.2 Å². The van der Waals surface area contributed by atoms with Gasteiger partial charge < -0.3 is 14.6 Å². The number of furan rings is 1. The zero-order valence-corrected chi connectivity index (χ0v) is 16.5. The highest BCUT2D eigenvalue weighted by Gasteiger charge is 2.38. The second-order valence-electron chi connectivity index (χ2n) is 7.84. The molecule has 1 aliphatic carbocycles. The minimum absolute atomic E-state index is 0.210. The molecule has 3 aromatic rings. The zero-order valence-electron chi connectivity index (χ0n) is 16.5. The summed E-state index contributed by atoms with van der Waals surface area (Å²) in [5, 5.41) is 3.58. The number of aryl methyl sites for hydroxylation is 1. The van der Waals surface area contributed by atoms with E-state index in [9.17, 15) is 4.79 Å². The van der Waals surface area contributed by atoms with Gasteiger partial charge in [0.05, 0.1) is 17.6 Å². The molecule has 1 atom stereocenters. The molecule has 146 valence electrons. The molecule has 1 N–H and O–H groups in total. The molecule has 0 spiro atoms. The highest BCUT2D eigenvalue weighted by atomic mass is 16.3. The fraction of sp³-hybridized carbons (Fsp3) is 0.240. The number of ketones is 1. The van der Waals surface area contributed by atoms with E-state index >= 15 is 0 Å². The maximum absolute atomic E-state index is 13.1. The molecule has 1 aliphatic heterocycles. The largest absolute Gasteiger partial charge is 0.467 e. The maximum Gasteiger partial charge on any atom is 0.163 e. The number of nitrogens with zero attached hydrogens (tertiary/aromatic N) is 1. The molecule has 29 heavy (non-hydrogen) atoms. The SMILES string of the molecule is Cc1ccc(CN2c3ccccc3NC3=C(C(=O)CCC3)[C@@H]2c2ccco2)cc1. The Kier molecular flexibility index (Phi) is 4.47. The molecule has 0 radical (unpaired) electrons. The number of carbonyl (C=O) groups excluding carboxylic acids is 1. The average molecular weight is 384 g/mol. The number of nitrogens with one attached hydrogen (secondary N) is 1. The highest BCUT2D eigenvalue weighted by Crippen LogP contribution is 2.45. The summed E-state index contributed by atoms with van der Waals surface area (Å²) in [7, 11) is 0. The van der Waals surface area contributed by atoms with Gasteiger partial charge in [0.15, 0.2) is 5.78 Å². The van der Waals surface area contributed by atoms with Crippen LogP contribution in [0.1, 0.15) is 42.2 Å². The van der Waals surface area contributed by atoms with E-state index in [1.807, 2.05) is 24.3 Å². The van der Waals surface area contributed by atoms with E-state index in [0.717, 1.165) is 41.2 Å². The Morgan fingerprint density at radius 2 is 1.86 bits per heavy atom. The smallest absolute Gasteiger partial charge is 0.163 e. The van der Waals surface area contributed by atoms with Crippen molar-refractivity contribution in [2.45, 2.75) is 38.8 Å². The van der Waals surface area contributed by atoms with Crippen molar-refractivity contribution in [3.8, 4) is 0 Å². The minimum atomic E-state index is -0.245. The Morgan fingerprint density at radius 3 is 2.66 bits per heavy atom. The molecule has 0 fully saturated rings. The third-order valence-electron chi connectivity index (χ3n) is 5.83. The van der Waals surface area contributed by atoms with Gasteiger partial charge in [-0.1, -0.05) is 42.0 Å². The van der Waals surface area contributed by atoms with Crippen LogP contribution in [0, 0.1) is 6.92 Å². The van der Waals surface area contributed by atoms with Crippen molar-refractivity contribution in [1.29, 1.82) is 0 Å². The number of anilines is 2. The first-order valence-electron chi connectivity index (χ1n) is 10.2. The summed E-state index contributed by atoms with van der Waals surface area (Å²) in [6, 6.07) is 20.5. The second kappa shape index (κ2) is 7.28. The Hall–Kier alpha value is -3.27. The predicted molar refractivity (Wildman–Crippen MR) is 115 cm³/mol. The lowest BCUT2D eigenvalue weighted by Crippen LogP contribution is -2.32. The van der Waals surface area contributed by atoms with Crippen molar-refractivity contribution in [1.82, 2.24) is 0 Å². The first-order valence-corrected chi connectivity index (χ1v) is 10.2. The molecular formula is C25H24N2O2. The van der Waals surface area contributed by atoms with Gasteiger partial charge in [-0.2, -0.15) is 0 Å². The quantitative estimate of drug-likeness (QED) is 0.623. The first-order chi connectivity index (χ1) is 14.2. The van der Waals surface area contributed by atoms with Gasteiger partial charge in [-0.05, 0) is 49.6 Å². The fourth-order valence-electron chi connectivity index (χ4n) is 4.41. The number of hydrogen-bond donors (Lipinski definition) is 1. The molecule has 4 heteroatoms. The Balaban J connectivity index is 1.70. The summed E-state index contributed by atoms with van der Waals surface area (Å²) in [4.78, 5) is 15.4. The second-order valence-corrected chi connectivity index (χ2v) is 7.84. The van der Waals surface area contributed by atoms with Crippen LogP contribution in [0.25, 0.3) is 0 Å². The van der Waals surface area contributed by atoms with Crippen molar-refractivity contribution >= 4 is 17.2 Å². The lowest BCUT2D eigenvalue weighted by molar-refractivity contribution is -0.116. The Bertz CT molecular complexity index is 1060. The summed E-state index contributed by atoms with van der Waals surface area (Å²) in [5.74, 6) is 1.01. The lowest BCUT2D eigenvalue weighted by atomic mass is 9.88. The third-order valence-corrected chi connectivity index (χ3v) is 5.83. The van der Waals surface area contributed by atoms with Gasteiger partial charge in [0.25, 0.3) is 0 Å². The van der Waals surface area contributed by atoms with Gasteiger partial charge in [0, 0.05) is 24.2 Å². The highest BCUT2D eigenvalue weighted by molar-refractivity contribution is 6.00. The molecule has 0 bridgehead atoms. The van der Waals surface area contributed by atoms with Gasteiger partial charge in [-0.15, -0.1) is 0 Å². The molecule has 0 unspecified atom stereocenters. The topological polar surface area (TPSA) is 45.5 Å². The summed E-state index contributed by atoms with van der Waals surface area (Å²) in [5.41, 5.74) is 6.43. The standard InChI is InChI=1S/C25H24N2O2/c1-17-11-13-18(14-12-17)16-27-21-8-3-2-6-19(21)26-20-7-4-9-22(28)24(20)25(27)23-10-5-15-29-23/h2-3,5-6,8,10-15,25-26H,4,7,9,16H2,1H3/t25-/m0/s1. The van der Waals surface area contributed by atoms with Crippen molar-refractivity contribution in [3.05, 3.63) is 95.1 Å². The third kappa shape index (κ3) is 3.25. The van der Waals surface area contributed by atoms with E-state index in [1.54, 1.807) is 6.26 Å². The monoisotopic (exact) mass is 384 g/mol. The van der Waals surface area contributed by atoms with E-state index < -0.39 is 0 Å². The molecule has 2 aliphatic rings. The van der Waals surface area contributed by atoms with Crippen LogP contribution in [0.2, 0.25) is 0 Å². The van der Waals surface area contributed by atoms with Crippen LogP contribution in [0.3, 0.4) is 0 Å². The van der Waals surface area contributed by atoms with Crippen LogP contribution in [0.15, 0.2) is 82.6 Å². The number of hydrogen-bond acceptors (Lipinski definition) is 4. The fourth-order valence-corrected chi connectivity index (χ4v) is 4.41. The molecule has 0 amide bonds. The number of carbonyl (C=O) groups is 1. The van der Waals surface area contributed by atoms with E-state index in [2.05, 4.69) is 53.5 Å². The van der Waals surface area contributed by atoms with E-state index in [-0.39, 0.29) is 11.8 Å². The minimum Gasteiger partial charge on any atom is -0.467 e. The normalized spacial score (nSPS) is 18.7. The molecule has 2 aromatic carbocycles. The van der Waals surface area contributed by atoms with Crippen LogP contribution in [-0.4, -0.2) is 5.78 Å². The van der Waals surface area contributed by atoms with E-state index in [0.29, 0.717) is 13.0 Å². The van der Waals surface area contributed by atoms with Gasteiger partial charge in [-0.25, -0.2) is 0 Å². The molecule has 0 saturated heterocycles. The molecule has 1 aromatic heterocycles. The van der Waals surface area contributed by atoms with Crippen LogP contribution in [0.4, 0.5) is 11.4 Å². The van der Waals surface area contributed by atoms with E-state index in [4.69, 9.17) is 4.42 Å². The number of allylic oxidation sites excluding steroid dienone is 1. The molecule has 2 heterocycles. The van der Waals surface area contributed by atoms with Gasteiger partial charge >= 0.3 is 0 Å². The number of benzene rings is 2. The van der Waals surface area contributed by atoms with Crippen LogP contribution in [-0.2, 0) is 11.3 Å². The number of para-hydroxylation sites is 2. The summed E-state index contributed by atoms with van der Waals surface area (Å²) >= 11 is 0. The number of fused-ring (bicyclic) bond motifs is 1. The van der Waals surface area contributed by atoms with Crippen LogP contribution < -0.4 is 10.2 Å². The molecule has 5 rings (SSSR count). The van der Waals surface area contributed by atoms with Crippen LogP contribution >= 0.6 is 0 Å². The molecule has 4 nitrogen and oxygen atoms in total. The van der Waals surface area contributed by atoms with Crippen molar-refractivity contribution in [2.24, 2.45) is 0 Å². The van der Waals surface area contributed by atoms with Crippen molar-refractivity contribution < 1.29 is 9.21 Å². The van der Waals surface area contributed by atoms with Gasteiger partial charge in [0.1, 0.15) is 11.8 Å². The van der Waals surface area contributed by atoms with Crippen molar-refractivity contribution in [3.63, 3.8) is 0 Å². The maximum atomic E-state index is 13.1. The van der Waals surface area contributed by atoms with Gasteiger partial charge in [0.2, 0.25) is 0 Å². The van der Waals surface area contributed by atoms with Crippen LogP contribution in [0.5, 0.6) is 0 Å². The van der Waals surface area contributed by atoms with E-state index in [1.165, 1.54) is 11.1 Å². The molecular weight excluding hydrogens is 360 g/mol. The Labute approximate surface area is 170 Å².